The molecule has 0 unspecified atom stereocenters. The zero-order valence-corrected chi connectivity index (χ0v) is 13.1. The lowest BCUT2D eigenvalue weighted by Crippen LogP contribution is -2.57. The van der Waals surface area contributed by atoms with Gasteiger partial charge in [0.25, 0.3) is 0 Å². The molecule has 2 aliphatic rings. The van der Waals surface area contributed by atoms with Gasteiger partial charge in [0, 0.05) is 19.5 Å². The lowest BCUT2D eigenvalue weighted by molar-refractivity contribution is -0.144. The molecule has 0 aromatic heterocycles. The Hall–Kier alpha value is -2.04. The minimum absolute atomic E-state index is 0.0603. The predicted molar refractivity (Wildman–Crippen MR) is 82.5 cm³/mol. The van der Waals surface area contributed by atoms with Crippen molar-refractivity contribution < 1.29 is 14.3 Å². The van der Waals surface area contributed by atoms with Crippen molar-refractivity contribution in [2.75, 3.05) is 26.2 Å². The molecule has 2 heterocycles. The van der Waals surface area contributed by atoms with Crippen molar-refractivity contribution in [3.05, 3.63) is 29.8 Å². The summed E-state index contributed by atoms with van der Waals surface area (Å²) in [5, 5.41) is 0. The molecule has 5 nitrogen and oxygen atoms in total. The summed E-state index contributed by atoms with van der Waals surface area (Å²) in [5.41, 5.74) is 1.16. The minimum Gasteiger partial charge on any atom is -0.487 e. The van der Waals surface area contributed by atoms with Crippen LogP contribution in [-0.2, 0) is 9.59 Å². The third-order valence-corrected chi connectivity index (χ3v) is 4.40. The number of likely N-dealkylation sites (tertiary alicyclic amines) is 2. The largest absolute Gasteiger partial charge is 0.487 e. The van der Waals surface area contributed by atoms with Crippen molar-refractivity contribution in [2.24, 2.45) is 5.92 Å². The molecule has 1 atom stereocenters. The van der Waals surface area contributed by atoms with Gasteiger partial charge in [-0.15, -0.1) is 0 Å². The van der Waals surface area contributed by atoms with Crippen LogP contribution in [0, 0.1) is 12.8 Å². The van der Waals surface area contributed by atoms with E-state index in [9.17, 15) is 9.59 Å². The van der Waals surface area contributed by atoms with Crippen LogP contribution in [0.25, 0.3) is 0 Å². The van der Waals surface area contributed by atoms with Crippen LogP contribution < -0.4 is 4.74 Å². The molecule has 118 valence electrons. The van der Waals surface area contributed by atoms with Crippen LogP contribution in [0.3, 0.4) is 0 Å². The number of rotatable bonds is 4. The van der Waals surface area contributed by atoms with Crippen molar-refractivity contribution in [1.82, 2.24) is 9.80 Å². The van der Waals surface area contributed by atoms with Gasteiger partial charge in [0.05, 0.1) is 19.0 Å². The van der Waals surface area contributed by atoms with Gasteiger partial charge in [-0.2, -0.15) is 0 Å². The summed E-state index contributed by atoms with van der Waals surface area (Å²) < 4.78 is 5.87. The second-order valence-corrected chi connectivity index (χ2v) is 6.13. The van der Waals surface area contributed by atoms with E-state index in [1.807, 2.05) is 38.1 Å². The zero-order valence-electron chi connectivity index (χ0n) is 13.1. The van der Waals surface area contributed by atoms with Crippen LogP contribution in [0.2, 0.25) is 0 Å². The highest BCUT2D eigenvalue weighted by molar-refractivity contribution is 5.89. The number of hydrogen-bond acceptors (Lipinski definition) is 3. The van der Waals surface area contributed by atoms with Crippen LogP contribution in [0.5, 0.6) is 5.75 Å². The number of ether oxygens (including phenoxy) is 1. The molecule has 2 amide bonds. The van der Waals surface area contributed by atoms with Gasteiger partial charge in [-0.3, -0.25) is 9.59 Å². The molecule has 0 N–H and O–H groups in total. The predicted octanol–water partition coefficient (Wildman–Crippen LogP) is 1.45. The Morgan fingerprint density at radius 1 is 1.32 bits per heavy atom. The van der Waals surface area contributed by atoms with Gasteiger partial charge in [0.15, 0.2) is 0 Å². The maximum atomic E-state index is 12.4. The summed E-state index contributed by atoms with van der Waals surface area (Å²) in [6.45, 7) is 6.45. The maximum Gasteiger partial charge on any atom is 0.228 e. The van der Waals surface area contributed by atoms with Crippen molar-refractivity contribution in [3.8, 4) is 5.75 Å². The van der Waals surface area contributed by atoms with E-state index in [4.69, 9.17) is 4.74 Å². The molecule has 1 aromatic carbocycles. The zero-order chi connectivity index (χ0) is 15.7. The monoisotopic (exact) mass is 302 g/mol. The van der Waals surface area contributed by atoms with Crippen molar-refractivity contribution >= 4 is 11.8 Å². The average Bonchev–Trinajstić information content (AvgIpc) is 2.83. The minimum atomic E-state index is -0.174. The number of carbonyl (C=O) groups excluding carboxylic acids is 2. The van der Waals surface area contributed by atoms with E-state index in [1.165, 1.54) is 0 Å². The molecule has 1 aromatic rings. The van der Waals surface area contributed by atoms with Gasteiger partial charge in [-0.05, 0) is 31.5 Å². The van der Waals surface area contributed by atoms with Gasteiger partial charge in [0.1, 0.15) is 11.9 Å². The number of nitrogens with zero attached hydrogens (tertiary/aromatic N) is 2. The fraction of sp³-hybridized carbons (Fsp3) is 0.529. The SMILES string of the molecule is CCN1C[C@@H](C(=O)N2CC(Oc3cccc(C)c3)C2)CC1=O. The first-order chi connectivity index (χ1) is 10.6. The molecular formula is C17H22N2O3. The van der Waals surface area contributed by atoms with E-state index in [-0.39, 0.29) is 23.8 Å². The van der Waals surface area contributed by atoms with Gasteiger partial charge >= 0.3 is 0 Å². The van der Waals surface area contributed by atoms with E-state index in [0.29, 0.717) is 32.6 Å². The Balaban J connectivity index is 1.49. The number of hydrogen-bond donors (Lipinski definition) is 0. The first-order valence-corrected chi connectivity index (χ1v) is 7.86. The van der Waals surface area contributed by atoms with Crippen LogP contribution in [0.1, 0.15) is 18.9 Å². The van der Waals surface area contributed by atoms with Crippen molar-refractivity contribution in [2.45, 2.75) is 26.4 Å². The summed E-state index contributed by atoms with van der Waals surface area (Å²) in [7, 11) is 0. The third kappa shape index (κ3) is 2.93. The van der Waals surface area contributed by atoms with E-state index < -0.39 is 0 Å². The number of carbonyl (C=O) groups is 2. The Morgan fingerprint density at radius 3 is 2.73 bits per heavy atom. The normalized spacial score (nSPS) is 21.9. The molecule has 2 fully saturated rings. The van der Waals surface area contributed by atoms with Crippen LogP contribution >= 0.6 is 0 Å². The van der Waals surface area contributed by atoms with Crippen LogP contribution in [0.4, 0.5) is 0 Å². The van der Waals surface area contributed by atoms with Gasteiger partial charge in [0.2, 0.25) is 11.8 Å². The highest BCUT2D eigenvalue weighted by Gasteiger charge is 2.40. The van der Waals surface area contributed by atoms with E-state index >= 15 is 0 Å². The molecule has 0 bridgehead atoms. The highest BCUT2D eigenvalue weighted by Crippen LogP contribution is 2.24. The quantitative estimate of drug-likeness (QED) is 0.846. The standard InChI is InChI=1S/C17H22N2O3/c1-3-18-9-13(8-16(18)20)17(21)19-10-15(11-19)22-14-6-4-5-12(2)7-14/h4-7,13,15H,3,8-11H2,1-2H3/t13-/m0/s1. The summed E-state index contributed by atoms with van der Waals surface area (Å²) in [6, 6.07) is 7.93. The molecule has 22 heavy (non-hydrogen) atoms. The van der Waals surface area contributed by atoms with Gasteiger partial charge in [-0.25, -0.2) is 0 Å². The number of aryl methyl sites for hydroxylation is 1. The third-order valence-electron chi connectivity index (χ3n) is 4.40. The highest BCUT2D eigenvalue weighted by atomic mass is 16.5. The number of amides is 2. The number of benzene rings is 1. The fourth-order valence-electron chi connectivity index (χ4n) is 3.08. The van der Waals surface area contributed by atoms with E-state index in [2.05, 4.69) is 0 Å². The van der Waals surface area contributed by atoms with Gasteiger partial charge in [-0.1, -0.05) is 12.1 Å². The Morgan fingerprint density at radius 2 is 2.09 bits per heavy atom. The molecule has 0 radical (unpaired) electrons. The summed E-state index contributed by atoms with van der Waals surface area (Å²) in [5.74, 6) is 0.861. The summed E-state index contributed by atoms with van der Waals surface area (Å²) in [4.78, 5) is 27.7. The molecular weight excluding hydrogens is 280 g/mol. The molecule has 0 aliphatic carbocycles. The summed E-state index contributed by atoms with van der Waals surface area (Å²) in [6.07, 6.45) is 0.414. The van der Waals surface area contributed by atoms with Crippen LogP contribution in [0.15, 0.2) is 24.3 Å². The molecule has 3 rings (SSSR count). The van der Waals surface area contributed by atoms with Gasteiger partial charge < -0.3 is 14.5 Å². The smallest absolute Gasteiger partial charge is 0.228 e. The molecule has 2 saturated heterocycles. The Bertz CT molecular complexity index is 581. The second kappa shape index (κ2) is 5.99. The average molecular weight is 302 g/mol. The Kier molecular flexibility index (Phi) is 4.05. The van der Waals surface area contributed by atoms with Crippen LogP contribution in [-0.4, -0.2) is 53.9 Å². The molecule has 2 aliphatic heterocycles. The Labute approximate surface area is 130 Å². The first-order valence-electron chi connectivity index (χ1n) is 7.86. The molecule has 5 heteroatoms. The summed E-state index contributed by atoms with van der Waals surface area (Å²) >= 11 is 0. The first kappa shape index (κ1) is 14.9. The lowest BCUT2D eigenvalue weighted by Gasteiger charge is -2.40. The topological polar surface area (TPSA) is 49.9 Å². The second-order valence-electron chi connectivity index (χ2n) is 6.13. The molecule has 0 spiro atoms. The van der Waals surface area contributed by atoms with Crippen molar-refractivity contribution in [3.63, 3.8) is 0 Å². The van der Waals surface area contributed by atoms with Crippen molar-refractivity contribution in [1.29, 1.82) is 0 Å². The van der Waals surface area contributed by atoms with E-state index in [1.54, 1.807) is 9.80 Å². The maximum absolute atomic E-state index is 12.4. The van der Waals surface area contributed by atoms with E-state index in [0.717, 1.165) is 11.3 Å². The molecule has 0 saturated carbocycles. The lowest BCUT2D eigenvalue weighted by atomic mass is 10.0. The fourth-order valence-corrected chi connectivity index (χ4v) is 3.08.